The van der Waals surface area contributed by atoms with Crippen LogP contribution in [0.5, 0.6) is 0 Å². The number of aliphatic hydroxyl groups excluding tert-OH is 1. The molecule has 1 atom stereocenters. The van der Waals surface area contributed by atoms with Gasteiger partial charge in [-0.25, -0.2) is 0 Å². The number of rotatable bonds is 5. The number of carbonyl (C=O) groups is 1. The number of carbonyl (C=O) groups excluding carboxylic acids is 1. The van der Waals surface area contributed by atoms with Crippen molar-refractivity contribution in [2.24, 2.45) is 0 Å². The number of morpholine rings is 1. The summed E-state index contributed by atoms with van der Waals surface area (Å²) in [5.41, 5.74) is 0. The van der Waals surface area contributed by atoms with Crippen molar-refractivity contribution >= 4 is 5.91 Å². The second-order valence-electron chi connectivity index (χ2n) is 4.28. The molecule has 1 aliphatic rings. The topological polar surface area (TPSA) is 61.8 Å². The van der Waals surface area contributed by atoms with E-state index >= 15 is 0 Å². The summed E-state index contributed by atoms with van der Waals surface area (Å²) in [6, 6.07) is -0.0716. The monoisotopic (exact) mass is 230 g/mol. The number of nitrogens with one attached hydrogen (secondary N) is 1. The number of amides is 1. The third kappa shape index (κ3) is 3.73. The van der Waals surface area contributed by atoms with Gasteiger partial charge < -0.3 is 20.1 Å². The Morgan fingerprint density at radius 3 is 2.88 bits per heavy atom. The van der Waals surface area contributed by atoms with Crippen molar-refractivity contribution < 1.29 is 14.6 Å². The van der Waals surface area contributed by atoms with Crippen LogP contribution in [-0.2, 0) is 9.53 Å². The normalized spacial score (nSPS) is 21.1. The molecule has 1 amide bonds. The highest BCUT2D eigenvalue weighted by Gasteiger charge is 2.27. The second-order valence-corrected chi connectivity index (χ2v) is 4.28. The van der Waals surface area contributed by atoms with Gasteiger partial charge in [-0.2, -0.15) is 0 Å². The molecule has 1 unspecified atom stereocenters. The lowest BCUT2D eigenvalue weighted by Gasteiger charge is -2.32. The Kier molecular flexibility index (Phi) is 5.73. The van der Waals surface area contributed by atoms with Crippen LogP contribution in [0.4, 0.5) is 0 Å². The minimum absolute atomic E-state index is 0.0724. The van der Waals surface area contributed by atoms with Gasteiger partial charge in [-0.3, -0.25) is 4.79 Å². The van der Waals surface area contributed by atoms with Crippen LogP contribution in [0.15, 0.2) is 0 Å². The molecule has 94 valence electrons. The van der Waals surface area contributed by atoms with Crippen molar-refractivity contribution in [3.05, 3.63) is 0 Å². The van der Waals surface area contributed by atoms with Gasteiger partial charge in [-0.15, -0.1) is 0 Å². The van der Waals surface area contributed by atoms with Gasteiger partial charge in [0.15, 0.2) is 0 Å². The van der Waals surface area contributed by atoms with Crippen molar-refractivity contribution in [3.8, 4) is 0 Å². The zero-order valence-electron chi connectivity index (χ0n) is 10.1. The van der Waals surface area contributed by atoms with Gasteiger partial charge in [0, 0.05) is 25.7 Å². The van der Waals surface area contributed by atoms with Crippen LogP contribution in [0, 0.1) is 0 Å². The predicted octanol–water partition coefficient (Wildman–Crippen LogP) is -0.406. The maximum atomic E-state index is 12.1. The Labute approximate surface area is 96.8 Å². The molecule has 5 nitrogen and oxygen atoms in total. The second kappa shape index (κ2) is 6.83. The standard InChI is InChI=1S/C11H22N2O3/c1-9(2)13(5-3-6-14)11(15)10-8-16-7-4-12-10/h9-10,12,14H,3-8H2,1-2H3. The zero-order chi connectivity index (χ0) is 12.0. The minimum Gasteiger partial charge on any atom is -0.396 e. The van der Waals surface area contributed by atoms with E-state index in [0.29, 0.717) is 26.2 Å². The molecule has 2 N–H and O–H groups in total. The van der Waals surface area contributed by atoms with Crippen LogP contribution < -0.4 is 5.32 Å². The smallest absolute Gasteiger partial charge is 0.242 e. The first-order valence-corrected chi connectivity index (χ1v) is 5.89. The lowest BCUT2D eigenvalue weighted by Crippen LogP contribution is -2.54. The summed E-state index contributed by atoms with van der Waals surface area (Å²) in [4.78, 5) is 13.9. The Morgan fingerprint density at radius 1 is 1.62 bits per heavy atom. The summed E-state index contributed by atoms with van der Waals surface area (Å²) in [5, 5.41) is 12.0. The van der Waals surface area contributed by atoms with Crippen LogP contribution in [-0.4, -0.2) is 60.9 Å². The molecule has 0 bridgehead atoms. The molecule has 1 aliphatic heterocycles. The highest BCUT2D eigenvalue weighted by atomic mass is 16.5. The molecule has 0 aliphatic carbocycles. The van der Waals surface area contributed by atoms with Crippen LogP contribution in [0.25, 0.3) is 0 Å². The van der Waals surface area contributed by atoms with E-state index < -0.39 is 0 Å². The quantitative estimate of drug-likeness (QED) is 0.674. The first kappa shape index (κ1) is 13.4. The predicted molar refractivity (Wildman–Crippen MR) is 61.2 cm³/mol. The van der Waals surface area contributed by atoms with E-state index in [1.807, 2.05) is 13.8 Å². The minimum atomic E-state index is -0.227. The fourth-order valence-corrected chi connectivity index (χ4v) is 1.79. The summed E-state index contributed by atoms with van der Waals surface area (Å²) in [6.07, 6.45) is 0.623. The first-order chi connectivity index (χ1) is 7.66. The first-order valence-electron chi connectivity index (χ1n) is 5.89. The lowest BCUT2D eigenvalue weighted by atomic mass is 10.2. The SMILES string of the molecule is CC(C)N(CCCO)C(=O)C1COCCN1. The molecule has 0 aromatic heterocycles. The van der Waals surface area contributed by atoms with E-state index in [1.54, 1.807) is 4.90 Å². The lowest BCUT2D eigenvalue weighted by molar-refractivity contribution is -0.138. The average Bonchev–Trinajstić information content (AvgIpc) is 2.30. The van der Waals surface area contributed by atoms with Gasteiger partial charge in [0.25, 0.3) is 0 Å². The molecule has 0 aromatic carbocycles. The molecule has 1 fully saturated rings. The van der Waals surface area contributed by atoms with E-state index in [4.69, 9.17) is 9.84 Å². The third-order valence-corrected chi connectivity index (χ3v) is 2.68. The molecule has 0 saturated carbocycles. The third-order valence-electron chi connectivity index (χ3n) is 2.68. The van der Waals surface area contributed by atoms with Crippen LogP contribution in [0.2, 0.25) is 0 Å². The number of aliphatic hydroxyl groups is 1. The van der Waals surface area contributed by atoms with Crippen LogP contribution in [0.1, 0.15) is 20.3 Å². The van der Waals surface area contributed by atoms with Gasteiger partial charge >= 0.3 is 0 Å². The van der Waals surface area contributed by atoms with E-state index in [9.17, 15) is 4.79 Å². The van der Waals surface area contributed by atoms with Gasteiger partial charge in [0.1, 0.15) is 6.04 Å². The molecular weight excluding hydrogens is 208 g/mol. The van der Waals surface area contributed by atoms with Gasteiger partial charge in [-0.05, 0) is 20.3 Å². The Hall–Kier alpha value is -0.650. The molecule has 16 heavy (non-hydrogen) atoms. The van der Waals surface area contributed by atoms with Crippen LogP contribution >= 0.6 is 0 Å². The van der Waals surface area contributed by atoms with E-state index in [2.05, 4.69) is 5.32 Å². The summed E-state index contributed by atoms with van der Waals surface area (Å²) in [5.74, 6) is 0.0724. The maximum Gasteiger partial charge on any atom is 0.242 e. The van der Waals surface area contributed by atoms with Gasteiger partial charge in [-0.1, -0.05) is 0 Å². The fourth-order valence-electron chi connectivity index (χ4n) is 1.79. The maximum absolute atomic E-state index is 12.1. The van der Waals surface area contributed by atoms with Crippen LogP contribution in [0.3, 0.4) is 0 Å². The van der Waals surface area contributed by atoms with Gasteiger partial charge in [0.05, 0.1) is 13.2 Å². The van der Waals surface area contributed by atoms with Crippen molar-refractivity contribution in [2.75, 3.05) is 32.9 Å². The molecule has 0 spiro atoms. The fraction of sp³-hybridized carbons (Fsp3) is 0.909. The van der Waals surface area contributed by atoms with Crippen molar-refractivity contribution in [1.82, 2.24) is 10.2 Å². The summed E-state index contributed by atoms with van der Waals surface area (Å²) in [7, 11) is 0. The van der Waals surface area contributed by atoms with Crippen molar-refractivity contribution in [2.45, 2.75) is 32.4 Å². The Morgan fingerprint density at radius 2 is 2.38 bits per heavy atom. The summed E-state index contributed by atoms with van der Waals surface area (Å²) < 4.78 is 5.28. The largest absolute Gasteiger partial charge is 0.396 e. The van der Waals surface area contributed by atoms with E-state index in [0.717, 1.165) is 6.54 Å². The molecule has 5 heteroatoms. The number of nitrogens with zero attached hydrogens (tertiary/aromatic N) is 1. The molecule has 0 radical (unpaired) electrons. The van der Waals surface area contributed by atoms with Gasteiger partial charge in [0.2, 0.25) is 5.91 Å². The molecule has 1 rings (SSSR count). The molecule has 1 heterocycles. The summed E-state index contributed by atoms with van der Waals surface area (Å²) in [6.45, 7) is 6.53. The average molecular weight is 230 g/mol. The highest BCUT2D eigenvalue weighted by Crippen LogP contribution is 2.05. The Bertz CT molecular complexity index is 215. The summed E-state index contributed by atoms with van der Waals surface area (Å²) >= 11 is 0. The van der Waals surface area contributed by atoms with Crippen molar-refractivity contribution in [3.63, 3.8) is 0 Å². The molecule has 0 aromatic rings. The number of ether oxygens (including phenoxy) is 1. The van der Waals surface area contributed by atoms with Crippen molar-refractivity contribution in [1.29, 1.82) is 0 Å². The number of hydrogen-bond acceptors (Lipinski definition) is 4. The Balaban J connectivity index is 2.51. The highest BCUT2D eigenvalue weighted by molar-refractivity contribution is 5.82. The zero-order valence-corrected chi connectivity index (χ0v) is 10.1. The van der Waals surface area contributed by atoms with E-state index in [-0.39, 0.29) is 24.6 Å². The molecule has 1 saturated heterocycles. The van der Waals surface area contributed by atoms with E-state index in [1.165, 1.54) is 0 Å². The number of hydrogen-bond donors (Lipinski definition) is 2. The molecular formula is C11H22N2O3.